The van der Waals surface area contributed by atoms with Crippen molar-refractivity contribution in [2.45, 2.75) is 19.4 Å². The minimum Gasteiger partial charge on any atom is -0.348 e. The van der Waals surface area contributed by atoms with E-state index in [1.807, 2.05) is 25.1 Å². The first-order chi connectivity index (χ1) is 7.68. The zero-order chi connectivity index (χ0) is 11.5. The summed E-state index contributed by atoms with van der Waals surface area (Å²) in [6, 6.07) is 5.99. The second kappa shape index (κ2) is 4.97. The van der Waals surface area contributed by atoms with Gasteiger partial charge in [-0.05, 0) is 47.4 Å². The Balaban J connectivity index is 2.11. The van der Waals surface area contributed by atoms with Crippen molar-refractivity contribution in [1.29, 1.82) is 0 Å². The third kappa shape index (κ3) is 2.44. The molecule has 0 saturated carbocycles. The van der Waals surface area contributed by atoms with Crippen molar-refractivity contribution in [2.24, 2.45) is 0 Å². The first kappa shape index (κ1) is 11.6. The third-order valence-corrected chi connectivity index (χ3v) is 3.88. The van der Waals surface area contributed by atoms with Gasteiger partial charge in [-0.15, -0.1) is 0 Å². The SMILES string of the molecule is Cc1cccc(C(=O)NC2CCNC2)c1Br. The van der Waals surface area contributed by atoms with E-state index in [-0.39, 0.29) is 11.9 Å². The van der Waals surface area contributed by atoms with Gasteiger partial charge in [-0.3, -0.25) is 4.79 Å². The Morgan fingerprint density at radius 2 is 2.38 bits per heavy atom. The highest BCUT2D eigenvalue weighted by molar-refractivity contribution is 9.10. The number of aryl methyl sites for hydroxylation is 1. The van der Waals surface area contributed by atoms with Crippen molar-refractivity contribution in [2.75, 3.05) is 13.1 Å². The summed E-state index contributed by atoms with van der Waals surface area (Å²) < 4.78 is 0.887. The van der Waals surface area contributed by atoms with Gasteiger partial charge in [-0.25, -0.2) is 0 Å². The fourth-order valence-corrected chi connectivity index (χ4v) is 2.31. The van der Waals surface area contributed by atoms with Gasteiger partial charge in [-0.1, -0.05) is 12.1 Å². The highest BCUT2D eigenvalue weighted by Crippen LogP contribution is 2.21. The lowest BCUT2D eigenvalue weighted by atomic mass is 10.1. The molecular weight excluding hydrogens is 268 g/mol. The Morgan fingerprint density at radius 3 is 3.06 bits per heavy atom. The molecule has 86 valence electrons. The van der Waals surface area contributed by atoms with Crippen LogP contribution in [0.4, 0.5) is 0 Å². The standard InChI is InChI=1S/C12H15BrN2O/c1-8-3-2-4-10(11(8)13)12(16)15-9-5-6-14-7-9/h2-4,9,14H,5-7H2,1H3,(H,15,16). The van der Waals surface area contributed by atoms with E-state index >= 15 is 0 Å². The van der Waals surface area contributed by atoms with Crippen LogP contribution in [0.3, 0.4) is 0 Å². The molecule has 0 spiro atoms. The number of amides is 1. The molecule has 1 aromatic carbocycles. The second-order valence-corrected chi connectivity index (χ2v) is 4.89. The molecule has 1 amide bonds. The van der Waals surface area contributed by atoms with Crippen LogP contribution in [-0.4, -0.2) is 25.0 Å². The number of halogens is 1. The van der Waals surface area contributed by atoms with Gasteiger partial charge in [0.2, 0.25) is 0 Å². The van der Waals surface area contributed by atoms with Gasteiger partial charge in [0, 0.05) is 17.1 Å². The average Bonchev–Trinajstić information content (AvgIpc) is 2.74. The van der Waals surface area contributed by atoms with E-state index in [0.29, 0.717) is 5.56 Å². The van der Waals surface area contributed by atoms with Gasteiger partial charge in [0.25, 0.3) is 5.91 Å². The summed E-state index contributed by atoms with van der Waals surface area (Å²) in [5, 5.41) is 6.26. The molecular formula is C12H15BrN2O. The summed E-state index contributed by atoms with van der Waals surface area (Å²) in [5.41, 5.74) is 1.80. The summed E-state index contributed by atoms with van der Waals surface area (Å²) in [4.78, 5) is 12.0. The molecule has 4 heteroatoms. The predicted octanol–water partition coefficient (Wildman–Crippen LogP) is 1.85. The van der Waals surface area contributed by atoms with Crippen LogP contribution in [-0.2, 0) is 0 Å². The number of rotatable bonds is 2. The van der Waals surface area contributed by atoms with E-state index in [2.05, 4.69) is 26.6 Å². The van der Waals surface area contributed by atoms with Gasteiger partial charge in [0.1, 0.15) is 0 Å². The summed E-state index contributed by atoms with van der Waals surface area (Å²) in [6.07, 6.45) is 1.01. The lowest BCUT2D eigenvalue weighted by molar-refractivity contribution is 0.0939. The molecule has 16 heavy (non-hydrogen) atoms. The van der Waals surface area contributed by atoms with Gasteiger partial charge in [0.05, 0.1) is 5.56 Å². The zero-order valence-corrected chi connectivity index (χ0v) is 10.8. The number of carbonyl (C=O) groups excluding carboxylic acids is 1. The monoisotopic (exact) mass is 282 g/mol. The average molecular weight is 283 g/mol. The highest BCUT2D eigenvalue weighted by Gasteiger charge is 2.19. The van der Waals surface area contributed by atoms with Gasteiger partial charge in [0.15, 0.2) is 0 Å². The van der Waals surface area contributed by atoms with Crippen LogP contribution in [0.25, 0.3) is 0 Å². The Kier molecular flexibility index (Phi) is 3.61. The quantitative estimate of drug-likeness (QED) is 0.869. The second-order valence-electron chi connectivity index (χ2n) is 4.10. The Bertz CT molecular complexity index is 400. The molecule has 0 aromatic heterocycles. The first-order valence-corrected chi connectivity index (χ1v) is 6.24. The minimum atomic E-state index is 0.00396. The molecule has 1 fully saturated rings. The topological polar surface area (TPSA) is 41.1 Å². The van der Waals surface area contributed by atoms with E-state index in [0.717, 1.165) is 29.5 Å². The first-order valence-electron chi connectivity index (χ1n) is 5.45. The van der Waals surface area contributed by atoms with E-state index in [9.17, 15) is 4.79 Å². The Labute approximate surface area is 104 Å². The molecule has 2 rings (SSSR count). The molecule has 2 N–H and O–H groups in total. The number of benzene rings is 1. The Hall–Kier alpha value is -0.870. The molecule has 0 aliphatic carbocycles. The summed E-state index contributed by atoms with van der Waals surface area (Å²) in [7, 11) is 0. The smallest absolute Gasteiger partial charge is 0.252 e. The van der Waals surface area contributed by atoms with Crippen molar-refractivity contribution in [3.05, 3.63) is 33.8 Å². The molecule has 1 aromatic rings. The molecule has 1 aliphatic rings. The summed E-state index contributed by atoms with van der Waals surface area (Å²) in [5.74, 6) is 0.00396. The maximum atomic E-state index is 12.0. The number of nitrogens with one attached hydrogen (secondary N) is 2. The zero-order valence-electron chi connectivity index (χ0n) is 9.22. The van der Waals surface area contributed by atoms with Gasteiger partial charge >= 0.3 is 0 Å². The molecule has 1 heterocycles. The number of hydrogen-bond acceptors (Lipinski definition) is 2. The lowest BCUT2D eigenvalue weighted by Gasteiger charge is -2.12. The van der Waals surface area contributed by atoms with Crippen LogP contribution in [0, 0.1) is 6.92 Å². The van der Waals surface area contributed by atoms with E-state index in [4.69, 9.17) is 0 Å². The largest absolute Gasteiger partial charge is 0.348 e. The summed E-state index contributed by atoms with van der Waals surface area (Å²) >= 11 is 3.45. The van der Waals surface area contributed by atoms with Crippen molar-refractivity contribution in [1.82, 2.24) is 10.6 Å². The van der Waals surface area contributed by atoms with Crippen molar-refractivity contribution in [3.63, 3.8) is 0 Å². The fourth-order valence-electron chi connectivity index (χ4n) is 1.86. The van der Waals surface area contributed by atoms with E-state index in [1.165, 1.54) is 0 Å². The normalized spacial score (nSPS) is 19.8. The maximum Gasteiger partial charge on any atom is 0.252 e. The number of carbonyl (C=O) groups is 1. The van der Waals surface area contributed by atoms with E-state index < -0.39 is 0 Å². The molecule has 0 radical (unpaired) electrons. The van der Waals surface area contributed by atoms with Crippen LogP contribution in [0.5, 0.6) is 0 Å². The molecule has 1 atom stereocenters. The van der Waals surface area contributed by atoms with Crippen LogP contribution in [0.2, 0.25) is 0 Å². The molecule has 1 unspecified atom stereocenters. The lowest BCUT2D eigenvalue weighted by Crippen LogP contribution is -2.36. The van der Waals surface area contributed by atoms with Crippen molar-refractivity contribution in [3.8, 4) is 0 Å². The molecule has 3 nitrogen and oxygen atoms in total. The molecule has 1 aliphatic heterocycles. The van der Waals surface area contributed by atoms with Crippen LogP contribution in [0.15, 0.2) is 22.7 Å². The van der Waals surface area contributed by atoms with Crippen LogP contribution >= 0.6 is 15.9 Å². The molecule has 1 saturated heterocycles. The van der Waals surface area contributed by atoms with Gasteiger partial charge in [-0.2, -0.15) is 0 Å². The van der Waals surface area contributed by atoms with E-state index in [1.54, 1.807) is 0 Å². The minimum absolute atomic E-state index is 0.00396. The Morgan fingerprint density at radius 1 is 1.56 bits per heavy atom. The molecule has 0 bridgehead atoms. The number of hydrogen-bond donors (Lipinski definition) is 2. The summed E-state index contributed by atoms with van der Waals surface area (Å²) in [6.45, 7) is 3.84. The predicted molar refractivity (Wildman–Crippen MR) is 67.6 cm³/mol. The van der Waals surface area contributed by atoms with Crippen molar-refractivity contribution >= 4 is 21.8 Å². The van der Waals surface area contributed by atoms with Crippen molar-refractivity contribution < 1.29 is 4.79 Å². The fraction of sp³-hybridized carbons (Fsp3) is 0.417. The van der Waals surface area contributed by atoms with Gasteiger partial charge < -0.3 is 10.6 Å². The van der Waals surface area contributed by atoms with Crippen LogP contribution < -0.4 is 10.6 Å². The third-order valence-electron chi connectivity index (χ3n) is 2.83. The van der Waals surface area contributed by atoms with Crippen LogP contribution in [0.1, 0.15) is 22.3 Å². The maximum absolute atomic E-state index is 12.0. The highest BCUT2D eigenvalue weighted by atomic mass is 79.9.